The molecule has 0 bridgehead atoms. The third-order valence-electron chi connectivity index (χ3n) is 5.16. The molecular weight excluding hydrogens is 433 g/mol. The molecule has 32 heavy (non-hydrogen) atoms. The number of methoxy groups -OCH3 is 1. The molecule has 0 radical (unpaired) electrons. The summed E-state index contributed by atoms with van der Waals surface area (Å²) in [6, 6.07) is 17.0. The molecule has 1 aliphatic heterocycles. The highest BCUT2D eigenvalue weighted by atomic mass is 32.1. The van der Waals surface area contributed by atoms with E-state index in [1.807, 2.05) is 0 Å². The van der Waals surface area contributed by atoms with Crippen LogP contribution in [-0.4, -0.2) is 29.9 Å². The molecule has 6 nitrogen and oxygen atoms in total. The summed E-state index contributed by atoms with van der Waals surface area (Å²) >= 11 is 1.45. The highest BCUT2D eigenvalue weighted by Gasteiger charge is 2.31. The van der Waals surface area contributed by atoms with E-state index in [1.165, 1.54) is 23.5 Å². The van der Waals surface area contributed by atoms with Crippen molar-refractivity contribution in [2.45, 2.75) is 18.8 Å². The van der Waals surface area contributed by atoms with Crippen molar-refractivity contribution in [3.05, 3.63) is 77.1 Å². The molecular formula is C24H20FNO5S. The van der Waals surface area contributed by atoms with Gasteiger partial charge in [0.1, 0.15) is 53.1 Å². The van der Waals surface area contributed by atoms with E-state index in [1.54, 1.807) is 55.6 Å². The molecule has 164 valence electrons. The Labute approximate surface area is 187 Å². The van der Waals surface area contributed by atoms with E-state index in [0.717, 1.165) is 15.5 Å². The van der Waals surface area contributed by atoms with E-state index < -0.39 is 12.2 Å². The normalized spacial score (nSPS) is 17.5. The van der Waals surface area contributed by atoms with Crippen LogP contribution in [0.5, 0.6) is 23.0 Å². The van der Waals surface area contributed by atoms with E-state index in [-0.39, 0.29) is 19.0 Å². The number of aliphatic hydroxyl groups is 1. The molecule has 2 atom stereocenters. The van der Waals surface area contributed by atoms with Gasteiger partial charge in [0, 0.05) is 11.6 Å². The van der Waals surface area contributed by atoms with Gasteiger partial charge in [-0.05, 0) is 54.6 Å². The molecule has 0 spiro atoms. The molecule has 0 aliphatic carbocycles. The number of thiazole rings is 1. The van der Waals surface area contributed by atoms with Gasteiger partial charge in [0.2, 0.25) is 0 Å². The molecule has 8 heteroatoms. The molecule has 0 saturated carbocycles. The van der Waals surface area contributed by atoms with Crippen molar-refractivity contribution >= 4 is 21.6 Å². The summed E-state index contributed by atoms with van der Waals surface area (Å²) in [5, 5.41) is 11.6. The molecule has 3 aromatic carbocycles. The summed E-state index contributed by atoms with van der Waals surface area (Å²) in [6.45, 7) is 0.463. The van der Waals surface area contributed by atoms with Crippen molar-refractivity contribution in [2.24, 2.45) is 0 Å². The fraction of sp³-hybridized carbons (Fsp3) is 0.208. The first kappa shape index (κ1) is 20.5. The van der Waals surface area contributed by atoms with Gasteiger partial charge in [-0.15, -0.1) is 11.3 Å². The lowest BCUT2D eigenvalue weighted by Crippen LogP contribution is -2.35. The average Bonchev–Trinajstić information content (AvgIpc) is 3.22. The number of halogens is 1. The third kappa shape index (κ3) is 4.19. The van der Waals surface area contributed by atoms with Crippen LogP contribution in [0.3, 0.4) is 0 Å². The molecule has 1 aliphatic rings. The molecule has 5 rings (SSSR count). The van der Waals surface area contributed by atoms with Crippen LogP contribution >= 0.6 is 11.3 Å². The molecule has 0 unspecified atom stereocenters. The minimum atomic E-state index is -0.880. The van der Waals surface area contributed by atoms with Gasteiger partial charge in [-0.1, -0.05) is 0 Å². The van der Waals surface area contributed by atoms with Crippen LogP contribution in [0.15, 0.2) is 60.7 Å². The topological polar surface area (TPSA) is 70.0 Å². The van der Waals surface area contributed by atoms with Crippen molar-refractivity contribution in [2.75, 3.05) is 13.7 Å². The second-order valence-electron chi connectivity index (χ2n) is 7.30. The van der Waals surface area contributed by atoms with Gasteiger partial charge in [-0.3, -0.25) is 0 Å². The van der Waals surface area contributed by atoms with Crippen LogP contribution in [0.1, 0.15) is 16.7 Å². The van der Waals surface area contributed by atoms with Gasteiger partial charge < -0.3 is 24.1 Å². The van der Waals surface area contributed by atoms with Crippen molar-refractivity contribution in [1.29, 1.82) is 0 Å². The van der Waals surface area contributed by atoms with Crippen molar-refractivity contribution in [3.63, 3.8) is 0 Å². The first-order valence-electron chi connectivity index (χ1n) is 10.0. The molecule has 2 heterocycles. The van der Waals surface area contributed by atoms with Crippen LogP contribution in [0, 0.1) is 5.82 Å². The summed E-state index contributed by atoms with van der Waals surface area (Å²) in [5.74, 6) is 2.19. The van der Waals surface area contributed by atoms with Crippen LogP contribution in [0.4, 0.5) is 4.39 Å². The van der Waals surface area contributed by atoms with Crippen LogP contribution in [0.25, 0.3) is 10.2 Å². The zero-order valence-corrected chi connectivity index (χ0v) is 18.0. The maximum absolute atomic E-state index is 13.4. The fourth-order valence-corrected chi connectivity index (χ4v) is 4.39. The molecule has 0 saturated heterocycles. The zero-order valence-electron chi connectivity index (χ0n) is 17.2. The SMILES string of the molecule is COc1ccc(O[C@@H]2COc3ccc(OCc4nc5cc(F)ccc5s4)cc3[C@@H]2O)cc1. The van der Waals surface area contributed by atoms with Crippen molar-refractivity contribution in [3.8, 4) is 23.0 Å². The van der Waals surface area contributed by atoms with Gasteiger partial charge >= 0.3 is 0 Å². The summed E-state index contributed by atoms with van der Waals surface area (Å²) < 4.78 is 37.0. The first-order chi connectivity index (χ1) is 15.6. The van der Waals surface area contributed by atoms with E-state index >= 15 is 0 Å². The lowest BCUT2D eigenvalue weighted by Gasteiger charge is -2.31. The molecule has 1 N–H and O–H groups in total. The molecule has 1 aromatic heterocycles. The van der Waals surface area contributed by atoms with E-state index in [2.05, 4.69) is 4.98 Å². The van der Waals surface area contributed by atoms with Gasteiger partial charge in [-0.2, -0.15) is 0 Å². The molecule has 0 fully saturated rings. The summed E-state index contributed by atoms with van der Waals surface area (Å²) in [5.41, 5.74) is 1.21. The Morgan fingerprint density at radius 1 is 1.06 bits per heavy atom. The Morgan fingerprint density at radius 3 is 2.66 bits per heavy atom. The van der Waals surface area contributed by atoms with Crippen LogP contribution in [0.2, 0.25) is 0 Å². The van der Waals surface area contributed by atoms with E-state index in [9.17, 15) is 9.50 Å². The van der Waals surface area contributed by atoms with Crippen molar-refractivity contribution in [1.82, 2.24) is 4.98 Å². The highest BCUT2D eigenvalue weighted by molar-refractivity contribution is 7.18. The first-order valence-corrected chi connectivity index (χ1v) is 10.8. The maximum Gasteiger partial charge on any atom is 0.163 e. The van der Waals surface area contributed by atoms with Crippen molar-refractivity contribution < 1.29 is 28.4 Å². The van der Waals surface area contributed by atoms with Gasteiger partial charge in [0.15, 0.2) is 6.10 Å². The van der Waals surface area contributed by atoms with Gasteiger partial charge in [-0.25, -0.2) is 9.37 Å². The number of aromatic nitrogens is 1. The average molecular weight is 453 g/mol. The quantitative estimate of drug-likeness (QED) is 0.448. The maximum atomic E-state index is 13.4. The Kier molecular flexibility index (Phi) is 5.55. The Morgan fingerprint density at radius 2 is 1.84 bits per heavy atom. The van der Waals surface area contributed by atoms with E-state index in [0.29, 0.717) is 28.3 Å². The predicted molar refractivity (Wildman–Crippen MR) is 118 cm³/mol. The number of hydrogen-bond acceptors (Lipinski definition) is 7. The number of benzene rings is 3. The standard InChI is InChI=1S/C24H20FNO5S/c1-28-15-3-5-16(6-4-15)31-21-12-30-20-8-7-17(11-18(20)24(21)27)29-13-23-26-19-10-14(25)2-9-22(19)32-23/h2-11,21,24,27H,12-13H2,1H3/t21-,24+/m1/s1. The Balaban J connectivity index is 1.28. The fourth-order valence-electron chi connectivity index (χ4n) is 3.52. The second-order valence-corrected chi connectivity index (χ2v) is 8.41. The Hall–Kier alpha value is -3.36. The zero-order chi connectivity index (χ0) is 22.1. The largest absolute Gasteiger partial charge is 0.497 e. The summed E-state index contributed by atoms with van der Waals surface area (Å²) in [4.78, 5) is 4.41. The van der Waals surface area contributed by atoms with Gasteiger partial charge in [0.25, 0.3) is 0 Å². The smallest absolute Gasteiger partial charge is 0.163 e. The minimum absolute atomic E-state index is 0.225. The number of aliphatic hydroxyl groups excluding tert-OH is 1. The summed E-state index contributed by atoms with van der Waals surface area (Å²) in [6.07, 6.45) is -1.44. The number of fused-ring (bicyclic) bond motifs is 2. The minimum Gasteiger partial charge on any atom is -0.497 e. The number of nitrogens with zero attached hydrogens (tertiary/aromatic N) is 1. The lowest BCUT2D eigenvalue weighted by molar-refractivity contribution is -0.0104. The van der Waals surface area contributed by atoms with E-state index in [4.69, 9.17) is 18.9 Å². The number of rotatable bonds is 6. The number of hydrogen-bond donors (Lipinski definition) is 1. The monoisotopic (exact) mass is 453 g/mol. The third-order valence-corrected chi connectivity index (χ3v) is 6.17. The highest BCUT2D eigenvalue weighted by Crippen LogP contribution is 2.37. The van der Waals surface area contributed by atoms with Gasteiger partial charge in [0.05, 0.1) is 17.3 Å². The second kappa shape index (κ2) is 8.64. The van der Waals surface area contributed by atoms with Crippen LogP contribution < -0.4 is 18.9 Å². The predicted octanol–water partition coefficient (Wildman–Crippen LogP) is 4.90. The Bertz CT molecular complexity index is 1240. The number of ether oxygens (including phenoxy) is 4. The lowest BCUT2D eigenvalue weighted by atomic mass is 10.0. The molecule has 4 aromatic rings. The molecule has 0 amide bonds. The van der Waals surface area contributed by atoms with Crippen LogP contribution in [-0.2, 0) is 6.61 Å². The summed E-state index contributed by atoms with van der Waals surface area (Å²) in [7, 11) is 1.60.